The molecule has 0 spiro atoms. The highest BCUT2D eigenvalue weighted by Gasteiger charge is 2.16. The van der Waals surface area contributed by atoms with Gasteiger partial charge in [-0.1, -0.05) is 69.7 Å². The average Bonchev–Trinajstić information content (AvgIpc) is 2.65. The van der Waals surface area contributed by atoms with Crippen molar-refractivity contribution in [2.24, 2.45) is 0 Å². The van der Waals surface area contributed by atoms with E-state index in [9.17, 15) is 9.90 Å². The molecule has 0 heterocycles. The molecule has 3 nitrogen and oxygen atoms in total. The SMILES string of the molecule is CCCCCCC=CCCCCCCCc1cccc(O)c1C(=O)OC. The lowest BCUT2D eigenvalue weighted by molar-refractivity contribution is 0.0596. The summed E-state index contributed by atoms with van der Waals surface area (Å²) in [6, 6.07) is 5.22. The van der Waals surface area contributed by atoms with Crippen LogP contribution in [0.25, 0.3) is 0 Å². The Morgan fingerprint density at radius 3 is 2.23 bits per heavy atom. The number of phenolic OH excluding ortho intramolecular Hbond substituents is 1. The van der Waals surface area contributed by atoms with Crippen molar-refractivity contribution in [1.82, 2.24) is 0 Å². The van der Waals surface area contributed by atoms with Gasteiger partial charge in [-0.2, -0.15) is 0 Å². The summed E-state index contributed by atoms with van der Waals surface area (Å²) in [5.41, 5.74) is 1.20. The molecule has 0 aliphatic carbocycles. The van der Waals surface area contributed by atoms with Gasteiger partial charge >= 0.3 is 5.97 Å². The van der Waals surface area contributed by atoms with Gasteiger partial charge in [0.1, 0.15) is 11.3 Å². The monoisotopic (exact) mass is 360 g/mol. The van der Waals surface area contributed by atoms with Gasteiger partial charge in [-0.15, -0.1) is 0 Å². The van der Waals surface area contributed by atoms with Crippen molar-refractivity contribution in [1.29, 1.82) is 0 Å². The van der Waals surface area contributed by atoms with E-state index in [1.807, 2.05) is 6.07 Å². The first-order valence-electron chi connectivity index (χ1n) is 10.2. The molecule has 3 heteroatoms. The van der Waals surface area contributed by atoms with Crippen molar-refractivity contribution < 1.29 is 14.6 Å². The number of ether oxygens (including phenoxy) is 1. The van der Waals surface area contributed by atoms with Crippen LogP contribution in [0.2, 0.25) is 0 Å². The number of hydrogen-bond donors (Lipinski definition) is 1. The number of carbonyl (C=O) groups is 1. The molecular weight excluding hydrogens is 324 g/mol. The normalized spacial score (nSPS) is 11.2. The first-order chi connectivity index (χ1) is 12.7. The molecule has 0 aliphatic heterocycles. The van der Waals surface area contributed by atoms with Crippen LogP contribution in [-0.4, -0.2) is 18.2 Å². The third-order valence-corrected chi connectivity index (χ3v) is 4.73. The summed E-state index contributed by atoms with van der Waals surface area (Å²) in [5.74, 6) is -0.449. The van der Waals surface area contributed by atoms with Crippen LogP contribution in [0, 0.1) is 0 Å². The van der Waals surface area contributed by atoms with Crippen LogP contribution >= 0.6 is 0 Å². The highest BCUT2D eigenvalue weighted by molar-refractivity contribution is 5.94. The number of esters is 1. The molecule has 0 amide bonds. The first-order valence-corrected chi connectivity index (χ1v) is 10.2. The third-order valence-electron chi connectivity index (χ3n) is 4.73. The van der Waals surface area contributed by atoms with Crippen LogP contribution in [0.1, 0.15) is 93.5 Å². The van der Waals surface area contributed by atoms with E-state index >= 15 is 0 Å². The Balaban J connectivity index is 2.12. The molecular formula is C23H36O3. The summed E-state index contributed by atoms with van der Waals surface area (Å²) < 4.78 is 4.77. The van der Waals surface area contributed by atoms with Crippen LogP contribution in [0.15, 0.2) is 30.4 Å². The molecule has 0 saturated carbocycles. The van der Waals surface area contributed by atoms with E-state index in [-0.39, 0.29) is 5.75 Å². The molecule has 1 N–H and O–H groups in total. The van der Waals surface area contributed by atoms with Crippen LogP contribution in [0.4, 0.5) is 0 Å². The Morgan fingerprint density at radius 1 is 0.962 bits per heavy atom. The highest BCUT2D eigenvalue weighted by atomic mass is 16.5. The lowest BCUT2D eigenvalue weighted by Gasteiger charge is -2.09. The molecule has 0 radical (unpaired) electrons. The van der Waals surface area contributed by atoms with Crippen LogP contribution in [-0.2, 0) is 11.2 Å². The molecule has 0 unspecified atom stereocenters. The minimum Gasteiger partial charge on any atom is -0.507 e. The number of carbonyl (C=O) groups excluding carboxylic acids is 1. The number of aryl methyl sites for hydroxylation is 1. The maximum absolute atomic E-state index is 11.8. The number of allylic oxidation sites excluding steroid dienone is 2. The zero-order valence-corrected chi connectivity index (χ0v) is 16.6. The Kier molecular flexibility index (Phi) is 12.3. The van der Waals surface area contributed by atoms with E-state index in [0.29, 0.717) is 5.56 Å². The number of hydrogen-bond acceptors (Lipinski definition) is 3. The Labute approximate surface area is 159 Å². The third kappa shape index (κ3) is 9.07. The van der Waals surface area contributed by atoms with Crippen molar-refractivity contribution >= 4 is 5.97 Å². The summed E-state index contributed by atoms with van der Waals surface area (Å²) >= 11 is 0. The van der Waals surface area contributed by atoms with Gasteiger partial charge in [-0.05, 0) is 50.2 Å². The molecule has 0 fully saturated rings. The fourth-order valence-corrected chi connectivity index (χ4v) is 3.17. The second kappa shape index (κ2) is 14.4. The molecule has 0 saturated heterocycles. The average molecular weight is 361 g/mol. The fraction of sp³-hybridized carbons (Fsp3) is 0.609. The summed E-state index contributed by atoms with van der Waals surface area (Å²) in [6.45, 7) is 2.25. The van der Waals surface area contributed by atoms with Crippen molar-refractivity contribution in [2.75, 3.05) is 7.11 Å². The Hall–Kier alpha value is -1.77. The van der Waals surface area contributed by atoms with Gasteiger partial charge in [-0.3, -0.25) is 0 Å². The van der Waals surface area contributed by atoms with E-state index in [1.165, 1.54) is 71.0 Å². The minimum atomic E-state index is -0.459. The van der Waals surface area contributed by atoms with E-state index in [0.717, 1.165) is 24.8 Å². The lowest BCUT2D eigenvalue weighted by atomic mass is 9.99. The summed E-state index contributed by atoms with van der Waals surface area (Å²) in [5, 5.41) is 9.89. The van der Waals surface area contributed by atoms with Crippen LogP contribution < -0.4 is 0 Å². The molecule has 0 aliphatic rings. The summed E-state index contributed by atoms with van der Waals surface area (Å²) in [4.78, 5) is 11.8. The number of phenols is 1. The maximum Gasteiger partial charge on any atom is 0.341 e. The summed E-state index contributed by atoms with van der Waals surface area (Å²) in [7, 11) is 1.35. The van der Waals surface area contributed by atoms with Crippen molar-refractivity contribution in [3.63, 3.8) is 0 Å². The van der Waals surface area contributed by atoms with Crippen molar-refractivity contribution in [3.05, 3.63) is 41.5 Å². The Morgan fingerprint density at radius 2 is 1.58 bits per heavy atom. The molecule has 26 heavy (non-hydrogen) atoms. The van der Waals surface area contributed by atoms with E-state index in [2.05, 4.69) is 19.1 Å². The zero-order chi connectivity index (χ0) is 19.0. The number of benzene rings is 1. The minimum absolute atomic E-state index is 0.0100. The fourth-order valence-electron chi connectivity index (χ4n) is 3.17. The molecule has 1 aromatic rings. The standard InChI is InChI=1S/C23H36O3/c1-3-4-5-6-7-8-9-10-11-12-13-14-15-17-20-18-16-19-21(24)22(20)23(25)26-2/h8-9,16,18-19,24H,3-7,10-15,17H2,1-2H3. The molecule has 0 atom stereocenters. The maximum atomic E-state index is 11.8. The van der Waals surface area contributed by atoms with Gasteiger partial charge in [0.15, 0.2) is 0 Å². The second-order valence-corrected chi connectivity index (χ2v) is 6.93. The predicted molar refractivity (Wildman–Crippen MR) is 109 cm³/mol. The first kappa shape index (κ1) is 22.3. The predicted octanol–water partition coefficient (Wildman–Crippen LogP) is 6.59. The van der Waals surface area contributed by atoms with Crippen LogP contribution in [0.5, 0.6) is 5.75 Å². The number of aromatic hydroxyl groups is 1. The smallest absolute Gasteiger partial charge is 0.341 e. The topological polar surface area (TPSA) is 46.5 Å². The van der Waals surface area contributed by atoms with Crippen molar-refractivity contribution in [3.8, 4) is 5.75 Å². The highest BCUT2D eigenvalue weighted by Crippen LogP contribution is 2.23. The van der Waals surface area contributed by atoms with Gasteiger partial charge in [0.25, 0.3) is 0 Å². The second-order valence-electron chi connectivity index (χ2n) is 6.93. The number of unbranched alkanes of at least 4 members (excludes halogenated alkanes) is 9. The summed E-state index contributed by atoms with van der Waals surface area (Å²) in [6.07, 6.45) is 19.1. The van der Waals surface area contributed by atoms with E-state index in [1.54, 1.807) is 6.07 Å². The number of rotatable bonds is 14. The van der Waals surface area contributed by atoms with Gasteiger partial charge in [0.05, 0.1) is 7.11 Å². The van der Waals surface area contributed by atoms with Crippen LogP contribution in [0.3, 0.4) is 0 Å². The van der Waals surface area contributed by atoms with Gasteiger partial charge in [0, 0.05) is 0 Å². The quantitative estimate of drug-likeness (QED) is 0.231. The van der Waals surface area contributed by atoms with E-state index < -0.39 is 5.97 Å². The lowest BCUT2D eigenvalue weighted by Crippen LogP contribution is -2.06. The molecule has 146 valence electrons. The molecule has 0 bridgehead atoms. The largest absolute Gasteiger partial charge is 0.507 e. The van der Waals surface area contributed by atoms with Gasteiger partial charge < -0.3 is 9.84 Å². The van der Waals surface area contributed by atoms with Gasteiger partial charge in [0.2, 0.25) is 0 Å². The molecule has 1 aromatic carbocycles. The molecule has 0 aromatic heterocycles. The number of methoxy groups -OCH3 is 1. The Bertz CT molecular complexity index is 534. The van der Waals surface area contributed by atoms with Crippen molar-refractivity contribution in [2.45, 2.75) is 84.0 Å². The molecule has 1 rings (SSSR count). The van der Waals surface area contributed by atoms with E-state index in [4.69, 9.17) is 4.74 Å². The zero-order valence-electron chi connectivity index (χ0n) is 16.6. The van der Waals surface area contributed by atoms with Gasteiger partial charge in [-0.25, -0.2) is 4.79 Å².